The molecular weight excluding hydrogens is 342 g/mol. The molecule has 2 aromatic rings. The fraction of sp³-hybridized carbons (Fsp3) is 0.238. The van der Waals surface area contributed by atoms with Gasteiger partial charge in [-0.25, -0.2) is 0 Å². The van der Waals surface area contributed by atoms with Crippen LogP contribution in [0, 0.1) is 21.4 Å². The number of non-ortho nitro benzene ring substituents is 1. The van der Waals surface area contributed by atoms with E-state index in [0.717, 1.165) is 38.0 Å². The fourth-order valence-electron chi connectivity index (χ4n) is 3.24. The second kappa shape index (κ2) is 8.28. The molecule has 1 saturated heterocycles. The zero-order valence-corrected chi connectivity index (χ0v) is 14.8. The summed E-state index contributed by atoms with van der Waals surface area (Å²) in [6, 6.07) is 15.1. The highest BCUT2D eigenvalue weighted by atomic mass is 16.6. The first kappa shape index (κ1) is 18.3. The zero-order chi connectivity index (χ0) is 19.2. The van der Waals surface area contributed by atoms with Gasteiger partial charge in [-0.3, -0.25) is 14.9 Å². The Morgan fingerprint density at radius 2 is 1.81 bits per heavy atom. The summed E-state index contributed by atoms with van der Waals surface area (Å²) in [6.07, 6.45) is 4.72. The number of nitrogens with zero attached hydrogens (tertiary/aromatic N) is 3. The minimum absolute atomic E-state index is 0.0417. The number of nitro groups is 1. The van der Waals surface area contributed by atoms with Gasteiger partial charge in [-0.2, -0.15) is 5.26 Å². The standard InChI is InChI=1S/C21H19N3O3/c22-15-18(21(25)16-7-3-1-4-8-16)13-17-14-19(24(26)27)9-10-20(17)23-11-5-2-6-12-23/h1,3-4,7-10,13-14H,2,5-6,11-12H2. The van der Waals surface area contributed by atoms with Gasteiger partial charge < -0.3 is 4.90 Å². The Bertz CT molecular complexity index is 923. The van der Waals surface area contributed by atoms with Gasteiger partial charge in [-0.1, -0.05) is 30.3 Å². The monoisotopic (exact) mass is 361 g/mol. The molecule has 6 nitrogen and oxygen atoms in total. The lowest BCUT2D eigenvalue weighted by Gasteiger charge is -2.30. The molecule has 0 atom stereocenters. The van der Waals surface area contributed by atoms with Crippen molar-refractivity contribution in [3.63, 3.8) is 0 Å². The van der Waals surface area contributed by atoms with Gasteiger partial charge in [0.15, 0.2) is 0 Å². The summed E-state index contributed by atoms with van der Waals surface area (Å²) in [4.78, 5) is 25.5. The van der Waals surface area contributed by atoms with Crippen LogP contribution in [0.1, 0.15) is 35.2 Å². The van der Waals surface area contributed by atoms with E-state index >= 15 is 0 Å². The number of Topliss-reactive ketones (excluding diaryl/α,β-unsaturated/α-hetero) is 1. The van der Waals surface area contributed by atoms with Gasteiger partial charge >= 0.3 is 0 Å². The van der Waals surface area contributed by atoms with Crippen molar-refractivity contribution in [1.29, 1.82) is 5.26 Å². The summed E-state index contributed by atoms with van der Waals surface area (Å²) < 4.78 is 0. The second-order valence-corrected chi connectivity index (χ2v) is 6.41. The van der Waals surface area contributed by atoms with E-state index in [4.69, 9.17) is 0 Å². The largest absolute Gasteiger partial charge is 0.371 e. The number of ketones is 1. The highest BCUT2D eigenvalue weighted by Crippen LogP contribution is 2.30. The van der Waals surface area contributed by atoms with Crippen molar-refractivity contribution >= 4 is 23.2 Å². The molecule has 1 fully saturated rings. The molecule has 136 valence electrons. The average molecular weight is 361 g/mol. The van der Waals surface area contributed by atoms with E-state index in [9.17, 15) is 20.2 Å². The molecule has 0 spiro atoms. The third kappa shape index (κ3) is 4.21. The molecule has 6 heteroatoms. The van der Waals surface area contributed by atoms with Crippen LogP contribution >= 0.6 is 0 Å². The number of hydrogen-bond donors (Lipinski definition) is 0. The summed E-state index contributed by atoms with van der Waals surface area (Å²) in [5, 5.41) is 20.7. The van der Waals surface area contributed by atoms with Crippen molar-refractivity contribution in [3.8, 4) is 6.07 Å². The van der Waals surface area contributed by atoms with Crippen LogP contribution in [0.2, 0.25) is 0 Å². The molecule has 0 aromatic heterocycles. The van der Waals surface area contributed by atoms with E-state index in [0.29, 0.717) is 11.1 Å². The van der Waals surface area contributed by atoms with E-state index in [1.807, 2.05) is 6.07 Å². The fourth-order valence-corrected chi connectivity index (χ4v) is 3.24. The minimum atomic E-state index is -0.470. The number of nitriles is 1. The maximum absolute atomic E-state index is 12.6. The quantitative estimate of drug-likeness (QED) is 0.259. The number of anilines is 1. The van der Waals surface area contributed by atoms with Crippen molar-refractivity contribution in [3.05, 3.63) is 75.3 Å². The van der Waals surface area contributed by atoms with Crippen molar-refractivity contribution in [2.75, 3.05) is 18.0 Å². The smallest absolute Gasteiger partial charge is 0.270 e. The summed E-state index contributed by atoms with van der Waals surface area (Å²) in [5.41, 5.74) is 1.64. The molecule has 0 aliphatic carbocycles. The molecule has 3 rings (SSSR count). The van der Waals surface area contributed by atoms with Gasteiger partial charge in [0.25, 0.3) is 5.69 Å². The van der Waals surface area contributed by atoms with Crippen molar-refractivity contribution in [2.45, 2.75) is 19.3 Å². The third-order valence-corrected chi connectivity index (χ3v) is 4.62. The number of nitro benzene ring substituents is 1. The van der Waals surface area contributed by atoms with Gasteiger partial charge in [-0.15, -0.1) is 0 Å². The van der Waals surface area contributed by atoms with E-state index < -0.39 is 10.7 Å². The molecule has 0 unspecified atom stereocenters. The molecule has 2 aromatic carbocycles. The second-order valence-electron chi connectivity index (χ2n) is 6.41. The molecule has 0 radical (unpaired) electrons. The Hall–Kier alpha value is -3.46. The number of piperidine rings is 1. The normalized spacial score (nSPS) is 14.5. The van der Waals surface area contributed by atoms with Crippen LogP contribution in [0.25, 0.3) is 6.08 Å². The zero-order valence-electron chi connectivity index (χ0n) is 14.8. The molecule has 0 amide bonds. The summed E-state index contributed by atoms with van der Waals surface area (Å²) >= 11 is 0. The van der Waals surface area contributed by atoms with Crippen molar-refractivity contribution < 1.29 is 9.72 Å². The van der Waals surface area contributed by atoms with Gasteiger partial charge in [0.05, 0.1) is 4.92 Å². The first-order chi connectivity index (χ1) is 13.1. The average Bonchev–Trinajstić information content (AvgIpc) is 2.72. The lowest BCUT2D eigenvalue weighted by atomic mass is 10.00. The Balaban J connectivity index is 2.05. The number of carbonyl (C=O) groups is 1. The molecule has 0 bridgehead atoms. The predicted molar refractivity (Wildman–Crippen MR) is 104 cm³/mol. The highest BCUT2D eigenvalue weighted by Gasteiger charge is 2.19. The Morgan fingerprint density at radius 3 is 2.44 bits per heavy atom. The van der Waals surface area contributed by atoms with Gasteiger partial charge in [-0.05, 0) is 31.4 Å². The molecule has 1 aliphatic rings. The Kier molecular flexibility index (Phi) is 5.62. The van der Waals surface area contributed by atoms with Gasteiger partial charge in [0.2, 0.25) is 5.78 Å². The summed E-state index contributed by atoms with van der Waals surface area (Å²) in [7, 11) is 0. The molecule has 0 N–H and O–H groups in total. The van der Waals surface area contributed by atoms with Crippen molar-refractivity contribution in [2.24, 2.45) is 0 Å². The minimum Gasteiger partial charge on any atom is -0.371 e. The molecular formula is C21H19N3O3. The highest BCUT2D eigenvalue weighted by molar-refractivity contribution is 6.14. The van der Waals surface area contributed by atoms with E-state index in [1.54, 1.807) is 36.4 Å². The van der Waals surface area contributed by atoms with E-state index in [1.165, 1.54) is 18.2 Å². The first-order valence-electron chi connectivity index (χ1n) is 8.85. The van der Waals surface area contributed by atoms with Crippen LogP contribution in [0.15, 0.2) is 54.1 Å². The van der Waals surface area contributed by atoms with E-state index in [2.05, 4.69) is 4.90 Å². The van der Waals surface area contributed by atoms with Crippen LogP contribution in [0.5, 0.6) is 0 Å². The van der Waals surface area contributed by atoms with Crippen LogP contribution in [-0.2, 0) is 0 Å². The number of carbonyl (C=O) groups excluding carboxylic acids is 1. The maximum atomic E-state index is 12.6. The molecule has 1 heterocycles. The lowest BCUT2D eigenvalue weighted by Crippen LogP contribution is -2.30. The molecule has 0 saturated carbocycles. The SMILES string of the molecule is N#CC(=Cc1cc([N+](=O)[O-])ccc1N1CCCCC1)C(=O)c1ccccc1. The predicted octanol–water partition coefficient (Wildman–Crippen LogP) is 4.37. The van der Waals surface area contributed by atoms with Gasteiger partial charge in [0, 0.05) is 42.0 Å². The summed E-state index contributed by atoms with van der Waals surface area (Å²) in [5.74, 6) is -0.394. The number of rotatable bonds is 5. The van der Waals surface area contributed by atoms with Crippen molar-refractivity contribution in [1.82, 2.24) is 0 Å². The molecule has 27 heavy (non-hydrogen) atoms. The number of hydrogen-bond acceptors (Lipinski definition) is 5. The van der Waals surface area contributed by atoms with E-state index in [-0.39, 0.29) is 11.3 Å². The van der Waals surface area contributed by atoms with Crippen LogP contribution < -0.4 is 4.90 Å². The topological polar surface area (TPSA) is 87.2 Å². The Labute approximate surface area is 157 Å². The van der Waals surface area contributed by atoms with Crippen LogP contribution in [-0.4, -0.2) is 23.8 Å². The maximum Gasteiger partial charge on any atom is 0.270 e. The van der Waals surface area contributed by atoms with Crippen LogP contribution in [0.4, 0.5) is 11.4 Å². The number of allylic oxidation sites excluding steroid dienone is 1. The Morgan fingerprint density at radius 1 is 1.11 bits per heavy atom. The first-order valence-corrected chi connectivity index (χ1v) is 8.85. The van der Waals surface area contributed by atoms with Crippen LogP contribution in [0.3, 0.4) is 0 Å². The summed E-state index contributed by atoms with van der Waals surface area (Å²) in [6.45, 7) is 1.71. The lowest BCUT2D eigenvalue weighted by molar-refractivity contribution is -0.384. The molecule has 1 aliphatic heterocycles. The third-order valence-electron chi connectivity index (χ3n) is 4.62. The number of benzene rings is 2. The van der Waals surface area contributed by atoms with Gasteiger partial charge in [0.1, 0.15) is 11.6 Å².